The van der Waals surface area contributed by atoms with Gasteiger partial charge < -0.3 is 10.1 Å². The second-order valence-corrected chi connectivity index (χ2v) is 5.72. The van der Waals surface area contributed by atoms with Crippen molar-refractivity contribution in [1.82, 2.24) is 10.3 Å². The number of hydrogen-bond acceptors (Lipinski definition) is 5. The molecule has 1 aromatic carbocycles. The molecule has 2 heterocycles. The molecule has 0 amide bonds. The van der Waals surface area contributed by atoms with Crippen LogP contribution in [0, 0.1) is 0 Å². The first-order valence-electron chi connectivity index (χ1n) is 7.28. The third-order valence-electron chi connectivity index (χ3n) is 3.69. The van der Waals surface area contributed by atoms with Gasteiger partial charge in [0.25, 0.3) is 0 Å². The molecule has 1 saturated heterocycles. The number of carbonyl (C=O) groups is 2. The summed E-state index contributed by atoms with van der Waals surface area (Å²) in [6.45, 7) is 0.505. The largest absolute Gasteiger partial charge is 0.489 e. The fourth-order valence-electron chi connectivity index (χ4n) is 2.58. The number of halogens is 1. The molecule has 0 unspecified atom stereocenters. The summed E-state index contributed by atoms with van der Waals surface area (Å²) in [4.78, 5) is 26.2. The number of aldehydes is 1. The highest BCUT2D eigenvalue weighted by atomic mass is 35.5. The van der Waals surface area contributed by atoms with Crippen molar-refractivity contribution in [2.45, 2.75) is 18.6 Å². The van der Waals surface area contributed by atoms with E-state index in [1.165, 1.54) is 0 Å². The molecule has 0 bridgehead atoms. The van der Waals surface area contributed by atoms with Gasteiger partial charge in [-0.05, 0) is 0 Å². The maximum absolute atomic E-state index is 11.4. The van der Waals surface area contributed by atoms with E-state index < -0.39 is 11.8 Å². The number of pyridine rings is 1. The molecule has 6 heteroatoms. The Balaban J connectivity index is 1.75. The highest BCUT2D eigenvalue weighted by Crippen LogP contribution is 2.27. The van der Waals surface area contributed by atoms with Gasteiger partial charge in [0.05, 0.1) is 11.7 Å². The van der Waals surface area contributed by atoms with Gasteiger partial charge in [0.2, 0.25) is 5.78 Å². The van der Waals surface area contributed by atoms with Crippen LogP contribution < -0.4 is 10.1 Å². The molecule has 0 radical (unpaired) electrons. The van der Waals surface area contributed by atoms with Crippen LogP contribution in [0.1, 0.15) is 6.42 Å². The van der Waals surface area contributed by atoms with Crippen LogP contribution in [0.2, 0.25) is 5.15 Å². The summed E-state index contributed by atoms with van der Waals surface area (Å²) in [5.41, 5.74) is 1.66. The van der Waals surface area contributed by atoms with Crippen LogP contribution in [-0.4, -0.2) is 35.7 Å². The van der Waals surface area contributed by atoms with Gasteiger partial charge >= 0.3 is 0 Å². The van der Waals surface area contributed by atoms with E-state index in [4.69, 9.17) is 16.3 Å². The number of ketones is 1. The van der Waals surface area contributed by atoms with Crippen molar-refractivity contribution in [2.75, 3.05) is 6.54 Å². The molecule has 0 aliphatic carbocycles. The molecule has 3 rings (SSSR count). The molecule has 5 nitrogen and oxygen atoms in total. The quantitative estimate of drug-likeness (QED) is 0.517. The summed E-state index contributed by atoms with van der Waals surface area (Å²) in [6.07, 6.45) is 0.612. The minimum absolute atomic E-state index is 0.189. The molecular weight excluding hydrogens is 316 g/mol. The highest BCUT2D eigenvalue weighted by molar-refractivity contribution is 6.29. The Kier molecular flexibility index (Phi) is 4.69. The molecule has 0 spiro atoms. The minimum atomic E-state index is -0.469. The van der Waals surface area contributed by atoms with Crippen molar-refractivity contribution in [3.63, 3.8) is 0 Å². The first-order chi connectivity index (χ1) is 11.2. The maximum Gasteiger partial charge on any atom is 0.212 e. The summed E-state index contributed by atoms with van der Waals surface area (Å²) in [5, 5.41) is 3.32. The Bertz CT molecular complexity index is 721. The summed E-state index contributed by atoms with van der Waals surface area (Å²) in [5.74, 6) is 0.142. The van der Waals surface area contributed by atoms with Crippen LogP contribution in [0.3, 0.4) is 0 Å². The second-order valence-electron chi connectivity index (χ2n) is 5.33. The molecule has 118 valence electrons. The number of nitrogens with one attached hydrogen (secondary N) is 1. The smallest absolute Gasteiger partial charge is 0.212 e. The van der Waals surface area contributed by atoms with Crippen molar-refractivity contribution in [2.24, 2.45) is 0 Å². The van der Waals surface area contributed by atoms with E-state index in [0.29, 0.717) is 30.2 Å². The molecule has 1 aliphatic rings. The average Bonchev–Trinajstić information content (AvgIpc) is 3.03. The zero-order valence-electron chi connectivity index (χ0n) is 12.2. The Morgan fingerprint density at radius 2 is 2.09 bits per heavy atom. The third kappa shape index (κ3) is 3.75. The van der Waals surface area contributed by atoms with Crippen LogP contribution >= 0.6 is 11.6 Å². The molecule has 1 aromatic heterocycles. The van der Waals surface area contributed by atoms with Crippen LogP contribution in [0.25, 0.3) is 11.3 Å². The monoisotopic (exact) mass is 330 g/mol. The minimum Gasteiger partial charge on any atom is -0.489 e. The second kappa shape index (κ2) is 6.89. The molecular formula is C17H15ClN2O3. The normalized spacial score (nSPS) is 20.2. The summed E-state index contributed by atoms with van der Waals surface area (Å²) < 4.78 is 5.89. The molecule has 2 atom stereocenters. The van der Waals surface area contributed by atoms with Crippen molar-refractivity contribution in [3.05, 3.63) is 47.6 Å². The lowest BCUT2D eigenvalue weighted by Crippen LogP contribution is -2.31. The SMILES string of the molecule is O=CC(=O)[C@@H]1C[C@@H](Oc2cc(Cl)nc(-c3ccccc3)c2)CN1. The lowest BCUT2D eigenvalue weighted by Gasteiger charge is -2.14. The fraction of sp³-hybridized carbons (Fsp3) is 0.235. The van der Waals surface area contributed by atoms with Crippen molar-refractivity contribution >= 4 is 23.7 Å². The van der Waals surface area contributed by atoms with E-state index in [1.54, 1.807) is 6.07 Å². The number of carbonyl (C=O) groups excluding carboxylic acids is 2. The zero-order chi connectivity index (χ0) is 16.2. The zero-order valence-corrected chi connectivity index (χ0v) is 13.0. The number of benzene rings is 1. The number of Topliss-reactive ketones (excluding diaryl/α,β-unsaturated/α-hetero) is 1. The van der Waals surface area contributed by atoms with Gasteiger partial charge in [-0.1, -0.05) is 41.9 Å². The van der Waals surface area contributed by atoms with Crippen LogP contribution in [0.4, 0.5) is 0 Å². The standard InChI is InChI=1S/C17H15ClN2O3/c18-17-8-12(6-14(20-17)11-4-2-1-3-5-11)23-13-7-15(19-9-13)16(22)10-21/h1-6,8,10,13,15,19H,7,9H2/t13-,15+/m1/s1. The van der Waals surface area contributed by atoms with Gasteiger partial charge in [0.15, 0.2) is 6.29 Å². The van der Waals surface area contributed by atoms with Gasteiger partial charge in [-0.3, -0.25) is 9.59 Å². The lowest BCUT2D eigenvalue weighted by atomic mass is 10.1. The van der Waals surface area contributed by atoms with Crippen LogP contribution in [0.15, 0.2) is 42.5 Å². The molecule has 0 saturated carbocycles. The molecule has 1 fully saturated rings. The van der Waals surface area contributed by atoms with Gasteiger partial charge in [0, 0.05) is 30.7 Å². The van der Waals surface area contributed by atoms with Gasteiger partial charge in [0.1, 0.15) is 17.0 Å². The number of hydrogen-bond donors (Lipinski definition) is 1. The number of ether oxygens (including phenoxy) is 1. The number of aromatic nitrogens is 1. The summed E-state index contributed by atoms with van der Waals surface area (Å²) in [7, 11) is 0. The van der Waals surface area contributed by atoms with Gasteiger partial charge in [-0.2, -0.15) is 0 Å². The summed E-state index contributed by atoms with van der Waals surface area (Å²) >= 11 is 6.08. The van der Waals surface area contributed by atoms with Crippen LogP contribution in [0.5, 0.6) is 5.75 Å². The summed E-state index contributed by atoms with van der Waals surface area (Å²) in [6, 6.07) is 12.7. The Morgan fingerprint density at radius 3 is 2.83 bits per heavy atom. The van der Waals surface area contributed by atoms with E-state index in [1.807, 2.05) is 36.4 Å². The Labute approximate surface area is 138 Å². The maximum atomic E-state index is 11.4. The van der Waals surface area contributed by atoms with E-state index in [0.717, 1.165) is 11.3 Å². The average molecular weight is 331 g/mol. The van der Waals surface area contributed by atoms with Crippen molar-refractivity contribution < 1.29 is 14.3 Å². The van der Waals surface area contributed by atoms with Gasteiger partial charge in [-0.15, -0.1) is 0 Å². The van der Waals surface area contributed by atoms with E-state index >= 15 is 0 Å². The number of rotatable bonds is 5. The predicted octanol–water partition coefficient (Wildman–Crippen LogP) is 2.28. The first-order valence-corrected chi connectivity index (χ1v) is 7.65. The fourth-order valence-corrected chi connectivity index (χ4v) is 2.78. The molecule has 1 N–H and O–H groups in total. The molecule has 1 aliphatic heterocycles. The van der Waals surface area contributed by atoms with Crippen molar-refractivity contribution in [1.29, 1.82) is 0 Å². The number of nitrogens with zero attached hydrogens (tertiary/aromatic N) is 1. The predicted molar refractivity (Wildman–Crippen MR) is 86.6 cm³/mol. The van der Waals surface area contributed by atoms with Crippen LogP contribution in [-0.2, 0) is 9.59 Å². The topological polar surface area (TPSA) is 68.3 Å². The van der Waals surface area contributed by atoms with Gasteiger partial charge in [-0.25, -0.2) is 4.98 Å². The van der Waals surface area contributed by atoms with Crippen molar-refractivity contribution in [3.8, 4) is 17.0 Å². The molecule has 2 aromatic rings. The Morgan fingerprint density at radius 1 is 1.30 bits per heavy atom. The third-order valence-corrected chi connectivity index (χ3v) is 3.88. The lowest BCUT2D eigenvalue weighted by molar-refractivity contribution is -0.131. The van der Waals surface area contributed by atoms with E-state index in [2.05, 4.69) is 10.3 Å². The first kappa shape index (κ1) is 15.6. The van der Waals surface area contributed by atoms with E-state index in [-0.39, 0.29) is 6.10 Å². The Hall–Kier alpha value is -2.24. The van der Waals surface area contributed by atoms with E-state index in [9.17, 15) is 9.59 Å². The molecule has 23 heavy (non-hydrogen) atoms. The highest BCUT2D eigenvalue weighted by Gasteiger charge is 2.30.